The first-order chi connectivity index (χ1) is 17.4. The fraction of sp³-hybridized carbons (Fsp3) is 0.464. The highest BCUT2D eigenvalue weighted by Gasteiger charge is 2.33. The molecule has 2 aliphatic rings. The third kappa shape index (κ3) is 6.10. The van der Waals surface area contributed by atoms with Crippen LogP contribution < -0.4 is 15.0 Å². The molecule has 2 heterocycles. The van der Waals surface area contributed by atoms with Gasteiger partial charge in [-0.3, -0.25) is 9.69 Å². The Morgan fingerprint density at radius 1 is 1.06 bits per heavy atom. The third-order valence-corrected chi connectivity index (χ3v) is 8.19. The normalized spacial score (nSPS) is 20.4. The van der Waals surface area contributed by atoms with Crippen LogP contribution in [-0.2, 0) is 4.79 Å². The molecule has 4 rings (SSSR count). The van der Waals surface area contributed by atoms with Crippen LogP contribution in [0.15, 0.2) is 48.5 Å². The predicted octanol–water partition coefficient (Wildman–Crippen LogP) is 5.01. The van der Waals surface area contributed by atoms with E-state index in [1.54, 1.807) is 7.11 Å². The van der Waals surface area contributed by atoms with Crippen molar-refractivity contribution in [2.75, 3.05) is 58.3 Å². The van der Waals surface area contributed by atoms with Crippen LogP contribution in [0, 0.1) is 5.92 Å². The number of piperazine rings is 1. The number of benzene rings is 2. The topological polar surface area (TPSA) is 48.1 Å². The van der Waals surface area contributed by atoms with E-state index in [-0.39, 0.29) is 17.9 Å². The molecule has 8 heteroatoms. The molecule has 0 radical (unpaired) electrons. The van der Waals surface area contributed by atoms with Gasteiger partial charge in [-0.25, -0.2) is 0 Å². The van der Waals surface area contributed by atoms with Gasteiger partial charge in [-0.05, 0) is 74.3 Å². The van der Waals surface area contributed by atoms with Gasteiger partial charge < -0.3 is 19.9 Å². The maximum absolute atomic E-state index is 12.9. The molecule has 2 aromatic carbocycles. The van der Waals surface area contributed by atoms with Gasteiger partial charge in [0.15, 0.2) is 0 Å². The number of unbranched alkanes of at least 4 members (excludes halogenated alkanes) is 1. The second kappa shape index (κ2) is 12.2. The summed E-state index contributed by atoms with van der Waals surface area (Å²) in [5.41, 5.74) is 3.20. The smallest absolute Gasteiger partial charge is 0.229 e. The number of halogens is 2. The molecule has 1 N–H and O–H groups in total. The van der Waals surface area contributed by atoms with Crippen molar-refractivity contribution >= 4 is 40.5 Å². The van der Waals surface area contributed by atoms with Crippen molar-refractivity contribution in [3.8, 4) is 5.75 Å². The quantitative estimate of drug-likeness (QED) is 0.461. The number of hydrogen-bond donors (Lipinski definition) is 1. The van der Waals surface area contributed by atoms with Gasteiger partial charge in [0.25, 0.3) is 0 Å². The summed E-state index contributed by atoms with van der Waals surface area (Å²) in [5, 5.41) is 4.40. The number of methoxy groups -OCH3 is 1. The molecule has 1 fully saturated rings. The van der Waals surface area contributed by atoms with Crippen LogP contribution in [0.4, 0.5) is 5.69 Å². The lowest BCUT2D eigenvalue weighted by Crippen LogP contribution is -2.46. The summed E-state index contributed by atoms with van der Waals surface area (Å²) in [4.78, 5) is 19.9. The average molecular weight is 532 g/mol. The monoisotopic (exact) mass is 530 g/mol. The van der Waals surface area contributed by atoms with E-state index in [9.17, 15) is 4.79 Å². The molecule has 1 amide bonds. The molecule has 0 saturated carbocycles. The molecule has 2 aromatic rings. The lowest BCUT2D eigenvalue weighted by molar-refractivity contribution is -0.124. The lowest BCUT2D eigenvalue weighted by Gasteiger charge is -2.36. The Hall–Kier alpha value is -2.41. The largest absolute Gasteiger partial charge is 0.497 e. The first kappa shape index (κ1) is 26.6. The van der Waals surface area contributed by atoms with E-state index in [0.29, 0.717) is 16.6 Å². The molecule has 194 valence electrons. The van der Waals surface area contributed by atoms with Crippen molar-refractivity contribution in [3.05, 3.63) is 64.1 Å². The van der Waals surface area contributed by atoms with E-state index < -0.39 is 0 Å². The zero-order valence-corrected chi connectivity index (χ0v) is 22.9. The van der Waals surface area contributed by atoms with Gasteiger partial charge in [-0.1, -0.05) is 29.3 Å². The third-order valence-electron chi connectivity index (χ3n) is 7.38. The maximum atomic E-state index is 12.9. The molecule has 6 nitrogen and oxygen atoms in total. The van der Waals surface area contributed by atoms with E-state index in [1.807, 2.05) is 49.5 Å². The van der Waals surface area contributed by atoms with Gasteiger partial charge >= 0.3 is 0 Å². The Morgan fingerprint density at radius 3 is 2.47 bits per heavy atom. The zero-order valence-electron chi connectivity index (χ0n) is 21.3. The lowest BCUT2D eigenvalue weighted by atomic mass is 10.0. The summed E-state index contributed by atoms with van der Waals surface area (Å²) in [6, 6.07) is 13.9. The number of ether oxygens (including phenoxy) is 1. The molecule has 2 aliphatic heterocycles. The summed E-state index contributed by atoms with van der Waals surface area (Å²) in [6.07, 6.45) is 4.12. The van der Waals surface area contributed by atoms with Crippen LogP contribution in [0.3, 0.4) is 0 Å². The molecule has 2 atom stereocenters. The minimum Gasteiger partial charge on any atom is -0.497 e. The summed E-state index contributed by atoms with van der Waals surface area (Å²) in [6.45, 7) is 7.72. The number of carbonyl (C=O) groups excluding carboxylic acids is 1. The fourth-order valence-electron chi connectivity index (χ4n) is 4.98. The van der Waals surface area contributed by atoms with Gasteiger partial charge in [0.05, 0.1) is 28.8 Å². The second-order valence-electron chi connectivity index (χ2n) is 9.56. The van der Waals surface area contributed by atoms with E-state index in [4.69, 9.17) is 27.9 Å². The van der Waals surface area contributed by atoms with Gasteiger partial charge in [-0.15, -0.1) is 0 Å². The van der Waals surface area contributed by atoms with Crippen LogP contribution in [0.1, 0.15) is 25.3 Å². The fourth-order valence-corrected chi connectivity index (χ4v) is 5.40. The van der Waals surface area contributed by atoms with Crippen LogP contribution in [0.5, 0.6) is 5.75 Å². The molecular weight excluding hydrogens is 495 g/mol. The van der Waals surface area contributed by atoms with Crippen molar-refractivity contribution in [2.24, 2.45) is 5.92 Å². The molecule has 0 spiro atoms. The standard InChI is InChI=1S/C28H36Cl2N4O2/c1-20-23(19-26(32(20)2)21-9-11-22(36-3)12-10-21)28(35)31-13-4-5-14-33-15-17-34(18-16-33)25-8-6-7-24(29)27(25)30/h6-12,19-20,23H,4-5,13-18H2,1-3H3,(H,31,35). The maximum Gasteiger partial charge on any atom is 0.229 e. The first-order valence-corrected chi connectivity index (χ1v) is 13.4. The molecule has 36 heavy (non-hydrogen) atoms. The predicted molar refractivity (Wildman–Crippen MR) is 149 cm³/mol. The van der Waals surface area contributed by atoms with Crippen LogP contribution in [-0.4, -0.2) is 75.2 Å². The number of hydrogen-bond acceptors (Lipinski definition) is 5. The van der Waals surface area contributed by atoms with Gasteiger partial charge in [-0.2, -0.15) is 0 Å². The molecule has 2 unspecified atom stereocenters. The van der Waals surface area contributed by atoms with Crippen molar-refractivity contribution in [1.82, 2.24) is 15.1 Å². The number of nitrogens with zero attached hydrogens (tertiary/aromatic N) is 3. The van der Waals surface area contributed by atoms with Crippen molar-refractivity contribution in [1.29, 1.82) is 0 Å². The number of carbonyl (C=O) groups is 1. The highest BCUT2D eigenvalue weighted by molar-refractivity contribution is 6.43. The Labute approximate surface area is 224 Å². The highest BCUT2D eigenvalue weighted by Crippen LogP contribution is 2.34. The van der Waals surface area contributed by atoms with Gasteiger partial charge in [0.1, 0.15) is 5.75 Å². The molecule has 0 aliphatic carbocycles. The number of amides is 1. The summed E-state index contributed by atoms with van der Waals surface area (Å²) < 4.78 is 5.26. The zero-order chi connectivity index (χ0) is 25.7. The SMILES string of the molecule is COc1ccc(C2=CC(C(=O)NCCCCN3CCN(c4cccc(Cl)c4Cl)CC3)C(C)N2C)cc1. The Balaban J connectivity index is 1.18. The van der Waals surface area contributed by atoms with Crippen molar-refractivity contribution in [2.45, 2.75) is 25.8 Å². The van der Waals surface area contributed by atoms with E-state index >= 15 is 0 Å². The molecular formula is C28H36Cl2N4O2. The molecule has 1 saturated heterocycles. The van der Waals surface area contributed by atoms with Gasteiger partial charge in [0, 0.05) is 51.5 Å². The number of nitrogens with one attached hydrogen (secondary N) is 1. The van der Waals surface area contributed by atoms with Gasteiger partial charge in [0.2, 0.25) is 5.91 Å². The second-order valence-corrected chi connectivity index (χ2v) is 10.3. The van der Waals surface area contributed by atoms with E-state index in [2.05, 4.69) is 33.0 Å². The number of anilines is 1. The van der Waals surface area contributed by atoms with Crippen LogP contribution >= 0.6 is 23.2 Å². The number of rotatable bonds is 9. The Kier molecular flexibility index (Phi) is 9.04. The van der Waals surface area contributed by atoms with E-state index in [1.165, 1.54) is 0 Å². The summed E-state index contributed by atoms with van der Waals surface area (Å²) in [5.74, 6) is 0.776. The van der Waals surface area contributed by atoms with E-state index in [0.717, 1.165) is 68.3 Å². The summed E-state index contributed by atoms with van der Waals surface area (Å²) in [7, 11) is 3.71. The van der Waals surface area contributed by atoms with Crippen LogP contribution in [0.25, 0.3) is 5.70 Å². The van der Waals surface area contributed by atoms with Crippen LogP contribution in [0.2, 0.25) is 10.0 Å². The minimum atomic E-state index is -0.154. The Bertz CT molecular complexity index is 1070. The Morgan fingerprint density at radius 2 is 1.78 bits per heavy atom. The summed E-state index contributed by atoms with van der Waals surface area (Å²) >= 11 is 12.6. The molecule has 0 aromatic heterocycles. The average Bonchev–Trinajstić information content (AvgIpc) is 3.20. The van der Waals surface area contributed by atoms with Crippen molar-refractivity contribution in [3.63, 3.8) is 0 Å². The minimum absolute atomic E-state index is 0.102. The molecule has 0 bridgehead atoms. The highest BCUT2D eigenvalue weighted by atomic mass is 35.5. The first-order valence-electron chi connectivity index (χ1n) is 12.7. The van der Waals surface area contributed by atoms with Crippen molar-refractivity contribution < 1.29 is 9.53 Å².